The van der Waals surface area contributed by atoms with Gasteiger partial charge in [0.2, 0.25) is 0 Å². The van der Waals surface area contributed by atoms with E-state index in [4.69, 9.17) is 5.21 Å². The zero-order valence-electron chi connectivity index (χ0n) is 2.49. The van der Waals surface area contributed by atoms with Gasteiger partial charge in [0.05, 0.1) is 0 Å². The van der Waals surface area contributed by atoms with Gasteiger partial charge < -0.3 is 42.4 Å². The van der Waals surface area contributed by atoms with Gasteiger partial charge in [-0.25, -0.2) is 5.90 Å². The molecule has 3 N–H and O–H groups in total. The van der Waals surface area contributed by atoms with E-state index in [0.717, 1.165) is 0 Å². The Morgan fingerprint density at radius 1 is 0.833 bits per heavy atom. The van der Waals surface area contributed by atoms with Crippen LogP contribution in [0.5, 0.6) is 0 Å². The zero-order valence-corrected chi connectivity index (χ0v) is 6.90. The molecule has 0 aromatic heterocycles. The maximum Gasteiger partial charge on any atom is 3.00 e. The summed E-state index contributed by atoms with van der Waals surface area (Å²) in [5.41, 5.74) is 0. The largest absolute Gasteiger partial charge is 3.00 e. The van der Waals surface area contributed by atoms with Crippen molar-refractivity contribution in [1.82, 2.24) is 0 Å². The number of halogens is 3. The second-order valence-electron chi connectivity index (χ2n) is 0. The normalized spacial score (nSPS) is 1.00. The number of hydrogen-bond acceptors (Lipinski definition) is 2. The third-order valence-corrected chi connectivity index (χ3v) is 0. The first-order valence-corrected chi connectivity index (χ1v) is 0.258. The molecule has 44 valence electrons. The number of rotatable bonds is 0. The Morgan fingerprint density at radius 3 is 0.833 bits per heavy atom. The second-order valence-corrected chi connectivity index (χ2v) is 0. The van der Waals surface area contributed by atoms with E-state index in [1.54, 1.807) is 0 Å². The van der Waals surface area contributed by atoms with Crippen molar-refractivity contribution in [2.24, 2.45) is 5.90 Å². The van der Waals surface area contributed by atoms with Crippen molar-refractivity contribution in [3.63, 3.8) is 0 Å². The van der Waals surface area contributed by atoms with Crippen LogP contribution in [0.15, 0.2) is 0 Å². The van der Waals surface area contributed by atoms with Crippen LogP contribution in [0.2, 0.25) is 0 Å². The van der Waals surface area contributed by atoms with Gasteiger partial charge in [-0.3, -0.25) is 0 Å². The SMILES string of the molecule is NO.[Cl-].[Cl-].[Cl-].[Tb+3]. The van der Waals surface area contributed by atoms with E-state index in [1.165, 1.54) is 0 Å². The van der Waals surface area contributed by atoms with E-state index in [2.05, 4.69) is 5.90 Å². The molecule has 0 radical (unpaired) electrons. The first-order chi connectivity index (χ1) is 1.00. The summed E-state index contributed by atoms with van der Waals surface area (Å²) >= 11 is 0. The fourth-order valence-electron chi connectivity index (χ4n) is 0. The summed E-state index contributed by atoms with van der Waals surface area (Å²) in [5, 5.41) is 6.50. The monoisotopic (exact) mass is 297 g/mol. The maximum atomic E-state index is 6.50. The van der Waals surface area contributed by atoms with Crippen LogP contribution < -0.4 is 43.1 Å². The molecule has 0 saturated carbocycles. The predicted molar refractivity (Wildman–Crippen MR) is 5.97 cm³/mol. The van der Waals surface area contributed by atoms with Crippen LogP contribution in [0.3, 0.4) is 0 Å². The summed E-state index contributed by atoms with van der Waals surface area (Å²) in [4.78, 5) is 0. The number of nitrogens with two attached hydrogens (primary N) is 1. The fourth-order valence-corrected chi connectivity index (χ4v) is 0. The average Bonchev–Trinajstić information content (AvgIpc) is 1.00. The van der Waals surface area contributed by atoms with Crippen LogP contribution in [0, 0.1) is 38.6 Å². The third kappa shape index (κ3) is 36.3. The third-order valence-electron chi connectivity index (χ3n) is 0. The van der Waals surface area contributed by atoms with Crippen LogP contribution in [0.1, 0.15) is 0 Å². The van der Waals surface area contributed by atoms with Gasteiger partial charge in [0, 0.05) is 0 Å². The molecule has 6 heteroatoms. The van der Waals surface area contributed by atoms with Crippen LogP contribution >= 0.6 is 0 Å². The molecule has 0 unspecified atom stereocenters. The Hall–Kier alpha value is 2.08. The van der Waals surface area contributed by atoms with Gasteiger partial charge in [0.15, 0.2) is 0 Å². The molecule has 0 aliphatic heterocycles. The van der Waals surface area contributed by atoms with E-state index >= 15 is 0 Å². The van der Waals surface area contributed by atoms with Gasteiger partial charge in [-0.1, -0.05) is 0 Å². The molecule has 0 amide bonds. The minimum absolute atomic E-state index is 0. The van der Waals surface area contributed by atoms with Crippen molar-refractivity contribution in [2.75, 3.05) is 0 Å². The standard InChI is InChI=1S/3ClH.H3NO.Tb/c;;;1-2;/h3*1H;2H,1H2;/q;;;;+3/p-3. The molecule has 0 rings (SSSR count). The Labute approximate surface area is 85.9 Å². The summed E-state index contributed by atoms with van der Waals surface area (Å²) in [5.74, 6) is 3.50. The van der Waals surface area contributed by atoms with Crippen molar-refractivity contribution in [3.8, 4) is 0 Å². The van der Waals surface area contributed by atoms with Gasteiger partial charge in [-0.2, -0.15) is 0 Å². The minimum atomic E-state index is 0. The Bertz CT molecular complexity index is 10.8. The first kappa shape index (κ1) is 42.7. The van der Waals surface area contributed by atoms with Crippen molar-refractivity contribution in [3.05, 3.63) is 0 Å². The van der Waals surface area contributed by atoms with E-state index in [-0.39, 0.29) is 75.8 Å². The van der Waals surface area contributed by atoms with Gasteiger partial charge in [-0.15, -0.1) is 0 Å². The molecular weight excluding hydrogens is 295 g/mol. The molecule has 0 heterocycles. The minimum Gasteiger partial charge on any atom is -1.00 e. The summed E-state index contributed by atoms with van der Waals surface area (Å²) in [6.07, 6.45) is 0. The van der Waals surface area contributed by atoms with Gasteiger partial charge in [0.25, 0.3) is 0 Å². The number of hydrogen-bond donors (Lipinski definition) is 2. The first-order valence-electron chi connectivity index (χ1n) is 0.258. The van der Waals surface area contributed by atoms with E-state index < -0.39 is 0 Å². The molecular formula is H3Cl3NOTb. The average molecular weight is 298 g/mol. The molecule has 0 bridgehead atoms. The quantitative estimate of drug-likeness (QED) is 0.436. The smallest absolute Gasteiger partial charge is 1.00 e. The van der Waals surface area contributed by atoms with Crippen molar-refractivity contribution >= 4 is 0 Å². The Morgan fingerprint density at radius 2 is 0.833 bits per heavy atom. The van der Waals surface area contributed by atoms with E-state index in [1.807, 2.05) is 0 Å². The molecule has 0 aliphatic rings. The molecule has 0 atom stereocenters. The van der Waals surface area contributed by atoms with Crippen molar-refractivity contribution < 1.29 is 81.0 Å². The molecule has 0 aliphatic carbocycles. The van der Waals surface area contributed by atoms with Crippen molar-refractivity contribution in [1.29, 1.82) is 0 Å². The Kier molecular flexibility index (Phi) is 432. The van der Waals surface area contributed by atoms with Crippen LogP contribution in [0.25, 0.3) is 0 Å². The Balaban J connectivity index is -0.000000000833. The van der Waals surface area contributed by atoms with Crippen molar-refractivity contribution in [2.45, 2.75) is 0 Å². The predicted octanol–water partition coefficient (Wildman–Crippen LogP) is -9.65. The molecule has 0 aromatic carbocycles. The maximum absolute atomic E-state index is 6.50. The molecule has 0 spiro atoms. The molecule has 6 heavy (non-hydrogen) atoms. The summed E-state index contributed by atoms with van der Waals surface area (Å²) in [7, 11) is 0. The second kappa shape index (κ2) is 60.6. The molecule has 0 saturated heterocycles. The topological polar surface area (TPSA) is 46.2 Å². The van der Waals surface area contributed by atoms with E-state index in [0.29, 0.717) is 0 Å². The molecule has 2 nitrogen and oxygen atoms in total. The van der Waals surface area contributed by atoms with Crippen LogP contribution in [-0.4, -0.2) is 5.21 Å². The van der Waals surface area contributed by atoms with Gasteiger partial charge in [-0.05, 0) is 0 Å². The van der Waals surface area contributed by atoms with Crippen LogP contribution in [-0.2, 0) is 0 Å². The van der Waals surface area contributed by atoms with Crippen LogP contribution in [0.4, 0.5) is 0 Å². The summed E-state index contributed by atoms with van der Waals surface area (Å²) in [6.45, 7) is 0. The van der Waals surface area contributed by atoms with Gasteiger partial charge in [0.1, 0.15) is 0 Å². The van der Waals surface area contributed by atoms with Gasteiger partial charge >= 0.3 is 38.6 Å². The fraction of sp³-hybridized carbons (Fsp3) is 0. The molecule has 0 aromatic rings. The van der Waals surface area contributed by atoms with E-state index in [9.17, 15) is 0 Å². The summed E-state index contributed by atoms with van der Waals surface area (Å²) < 4.78 is 0. The zero-order chi connectivity index (χ0) is 2.00. The summed E-state index contributed by atoms with van der Waals surface area (Å²) in [6, 6.07) is 0. The molecule has 0 fully saturated rings.